The molecule has 0 amide bonds. The molecule has 3 nitrogen and oxygen atoms in total. The van der Waals surface area contributed by atoms with Crippen molar-refractivity contribution >= 4 is 34.1 Å². The molecule has 0 spiro atoms. The van der Waals surface area contributed by atoms with E-state index in [0.717, 1.165) is 22.0 Å². The number of likely N-dealkylation sites (N-methyl/N-ethyl adjacent to an activating group) is 1. The van der Waals surface area contributed by atoms with Crippen LogP contribution in [0, 0.1) is 5.82 Å². The van der Waals surface area contributed by atoms with E-state index in [1.165, 1.54) is 12.1 Å². The zero-order chi connectivity index (χ0) is 21.3. The maximum atomic E-state index is 14.0. The lowest BCUT2D eigenvalue weighted by atomic mass is 10.0. The van der Waals surface area contributed by atoms with Gasteiger partial charge in [-0.3, -0.25) is 0 Å². The van der Waals surface area contributed by atoms with Crippen LogP contribution in [0.3, 0.4) is 0 Å². The summed E-state index contributed by atoms with van der Waals surface area (Å²) in [4.78, 5) is 0. The highest BCUT2D eigenvalue weighted by Crippen LogP contribution is 2.37. The standard InChI is InChI=1S/C24H21Cl2FN2O/c1-28-13-23(30)24(16-5-4-6-17(27)11-16)29-14-19(18-7-2-3-8-22(18)29)15-9-10-20(25)21(26)12-15/h2-12,14,23-24,28,30H,13H2,1H3. The highest BCUT2D eigenvalue weighted by Gasteiger charge is 2.25. The van der Waals surface area contributed by atoms with E-state index < -0.39 is 12.1 Å². The molecule has 1 heterocycles. The molecule has 2 atom stereocenters. The molecule has 4 rings (SSSR count). The minimum absolute atomic E-state index is 0.338. The summed E-state index contributed by atoms with van der Waals surface area (Å²) in [6.45, 7) is 0.357. The van der Waals surface area contributed by atoms with Crippen LogP contribution in [0.5, 0.6) is 0 Å². The number of aromatic nitrogens is 1. The second-order valence-corrected chi connectivity index (χ2v) is 8.04. The van der Waals surface area contributed by atoms with Crippen LogP contribution in [-0.2, 0) is 0 Å². The molecule has 0 aliphatic carbocycles. The van der Waals surface area contributed by atoms with Crippen LogP contribution in [0.2, 0.25) is 10.0 Å². The van der Waals surface area contributed by atoms with Crippen LogP contribution in [-0.4, -0.2) is 29.4 Å². The maximum absolute atomic E-state index is 14.0. The number of para-hydroxylation sites is 1. The Bertz CT molecular complexity index is 1190. The number of halogens is 3. The molecular formula is C24H21Cl2FN2O. The Morgan fingerprint density at radius 3 is 2.53 bits per heavy atom. The number of rotatable bonds is 6. The summed E-state index contributed by atoms with van der Waals surface area (Å²) in [7, 11) is 1.78. The van der Waals surface area contributed by atoms with Gasteiger partial charge in [-0.05, 0) is 48.5 Å². The molecule has 3 aromatic carbocycles. The lowest BCUT2D eigenvalue weighted by Crippen LogP contribution is -2.33. The van der Waals surface area contributed by atoms with Crippen molar-refractivity contribution in [3.63, 3.8) is 0 Å². The molecule has 0 aliphatic rings. The first-order valence-electron chi connectivity index (χ1n) is 9.62. The predicted molar refractivity (Wildman–Crippen MR) is 122 cm³/mol. The SMILES string of the molecule is CNCC(O)C(c1cccc(F)c1)n1cc(-c2ccc(Cl)c(Cl)c2)c2ccccc21. The van der Waals surface area contributed by atoms with E-state index in [1.54, 1.807) is 19.2 Å². The molecule has 154 valence electrons. The molecule has 30 heavy (non-hydrogen) atoms. The molecule has 6 heteroatoms. The van der Waals surface area contributed by atoms with Gasteiger partial charge in [-0.1, -0.05) is 59.6 Å². The first-order chi connectivity index (χ1) is 14.5. The molecule has 0 saturated carbocycles. The number of aliphatic hydroxyl groups excluding tert-OH is 1. The fourth-order valence-corrected chi connectivity index (χ4v) is 4.21. The van der Waals surface area contributed by atoms with Crippen LogP contribution in [0.25, 0.3) is 22.0 Å². The minimum Gasteiger partial charge on any atom is -0.389 e. The summed E-state index contributed by atoms with van der Waals surface area (Å²) < 4.78 is 16.0. The summed E-state index contributed by atoms with van der Waals surface area (Å²) in [5, 5.41) is 16.0. The van der Waals surface area contributed by atoms with Gasteiger partial charge in [-0.2, -0.15) is 0 Å². The van der Waals surface area contributed by atoms with Crippen LogP contribution in [0.4, 0.5) is 4.39 Å². The van der Waals surface area contributed by atoms with E-state index in [-0.39, 0.29) is 5.82 Å². The Kier molecular flexibility index (Phi) is 6.11. The summed E-state index contributed by atoms with van der Waals surface area (Å²) in [6.07, 6.45) is 1.22. The predicted octanol–water partition coefficient (Wildman–Crippen LogP) is 5.92. The molecule has 2 unspecified atom stereocenters. The monoisotopic (exact) mass is 442 g/mol. The number of fused-ring (bicyclic) bond motifs is 1. The zero-order valence-corrected chi connectivity index (χ0v) is 17.8. The first-order valence-corrected chi connectivity index (χ1v) is 10.4. The number of hydrogen-bond acceptors (Lipinski definition) is 2. The van der Waals surface area contributed by atoms with Crippen molar-refractivity contribution in [1.29, 1.82) is 0 Å². The maximum Gasteiger partial charge on any atom is 0.123 e. The van der Waals surface area contributed by atoms with Crippen molar-refractivity contribution in [2.24, 2.45) is 0 Å². The van der Waals surface area contributed by atoms with Gasteiger partial charge in [-0.15, -0.1) is 0 Å². The van der Waals surface area contributed by atoms with Gasteiger partial charge < -0.3 is 15.0 Å². The van der Waals surface area contributed by atoms with Gasteiger partial charge in [0, 0.05) is 29.2 Å². The highest BCUT2D eigenvalue weighted by molar-refractivity contribution is 6.42. The summed E-state index contributed by atoms with van der Waals surface area (Å²) in [5.74, 6) is -0.338. The van der Waals surface area contributed by atoms with Crippen molar-refractivity contribution in [3.8, 4) is 11.1 Å². The van der Waals surface area contributed by atoms with Crippen LogP contribution in [0.1, 0.15) is 11.6 Å². The topological polar surface area (TPSA) is 37.2 Å². The number of hydrogen-bond donors (Lipinski definition) is 2. The molecule has 0 radical (unpaired) electrons. The Hall–Kier alpha value is -2.37. The van der Waals surface area contributed by atoms with E-state index in [9.17, 15) is 9.50 Å². The molecule has 0 aliphatic heterocycles. The average molecular weight is 443 g/mol. The second kappa shape index (κ2) is 8.78. The van der Waals surface area contributed by atoms with Crippen molar-refractivity contribution in [1.82, 2.24) is 9.88 Å². The molecule has 1 aromatic heterocycles. The van der Waals surface area contributed by atoms with Crippen LogP contribution < -0.4 is 5.32 Å². The summed E-state index contributed by atoms with van der Waals surface area (Å²) in [5.41, 5.74) is 3.50. The van der Waals surface area contributed by atoms with Gasteiger partial charge in [0.25, 0.3) is 0 Å². The largest absolute Gasteiger partial charge is 0.389 e. The Balaban J connectivity index is 1.94. The second-order valence-electron chi connectivity index (χ2n) is 7.22. The fourth-order valence-electron chi connectivity index (χ4n) is 3.91. The van der Waals surface area contributed by atoms with E-state index in [2.05, 4.69) is 5.32 Å². The van der Waals surface area contributed by atoms with Gasteiger partial charge in [0.1, 0.15) is 5.82 Å². The van der Waals surface area contributed by atoms with Crippen molar-refractivity contribution in [2.75, 3.05) is 13.6 Å². The van der Waals surface area contributed by atoms with Crippen molar-refractivity contribution in [3.05, 3.63) is 94.4 Å². The van der Waals surface area contributed by atoms with Gasteiger partial charge in [0.05, 0.1) is 22.2 Å². The first kappa shape index (κ1) is 20.9. The van der Waals surface area contributed by atoms with Crippen LogP contribution in [0.15, 0.2) is 72.9 Å². The van der Waals surface area contributed by atoms with E-state index in [0.29, 0.717) is 22.2 Å². The Labute approximate surface area is 184 Å². The van der Waals surface area contributed by atoms with Gasteiger partial charge >= 0.3 is 0 Å². The lowest BCUT2D eigenvalue weighted by Gasteiger charge is -2.26. The third-order valence-electron chi connectivity index (χ3n) is 5.24. The number of benzene rings is 3. The molecule has 2 N–H and O–H groups in total. The van der Waals surface area contributed by atoms with Gasteiger partial charge in [0.2, 0.25) is 0 Å². The number of nitrogens with zero attached hydrogens (tertiary/aromatic N) is 1. The van der Waals surface area contributed by atoms with E-state index >= 15 is 0 Å². The van der Waals surface area contributed by atoms with Gasteiger partial charge in [0.15, 0.2) is 0 Å². The third-order valence-corrected chi connectivity index (χ3v) is 5.98. The van der Waals surface area contributed by atoms with E-state index in [1.807, 2.05) is 53.2 Å². The van der Waals surface area contributed by atoms with Gasteiger partial charge in [-0.25, -0.2) is 4.39 Å². The molecule has 0 bridgehead atoms. The van der Waals surface area contributed by atoms with Crippen molar-refractivity contribution in [2.45, 2.75) is 12.1 Å². The number of aliphatic hydroxyl groups is 1. The molecule has 0 fully saturated rings. The molecule has 4 aromatic rings. The smallest absolute Gasteiger partial charge is 0.123 e. The van der Waals surface area contributed by atoms with Crippen molar-refractivity contribution < 1.29 is 9.50 Å². The third kappa shape index (κ3) is 3.96. The zero-order valence-electron chi connectivity index (χ0n) is 16.3. The lowest BCUT2D eigenvalue weighted by molar-refractivity contribution is 0.132. The Morgan fingerprint density at radius 1 is 1.00 bits per heavy atom. The number of nitrogens with one attached hydrogen (secondary N) is 1. The molecular weight excluding hydrogens is 422 g/mol. The molecule has 0 saturated heterocycles. The minimum atomic E-state index is -0.769. The Morgan fingerprint density at radius 2 is 1.80 bits per heavy atom. The quantitative estimate of drug-likeness (QED) is 0.388. The van der Waals surface area contributed by atoms with Crippen LogP contribution >= 0.6 is 23.2 Å². The summed E-state index contributed by atoms with van der Waals surface area (Å²) >= 11 is 12.4. The van der Waals surface area contributed by atoms with E-state index in [4.69, 9.17) is 23.2 Å². The summed E-state index contributed by atoms with van der Waals surface area (Å²) in [6, 6.07) is 19.3. The highest BCUT2D eigenvalue weighted by atomic mass is 35.5. The average Bonchev–Trinajstić information content (AvgIpc) is 3.10. The fraction of sp³-hybridized carbons (Fsp3) is 0.167. The normalized spacial score (nSPS) is 13.5.